The lowest BCUT2D eigenvalue weighted by Crippen LogP contribution is -2.38. The molecule has 3 aliphatic rings. The van der Waals surface area contributed by atoms with E-state index in [1.807, 2.05) is 11.6 Å². The van der Waals surface area contributed by atoms with Crippen molar-refractivity contribution in [3.05, 3.63) is 64.9 Å². The van der Waals surface area contributed by atoms with Gasteiger partial charge in [-0.25, -0.2) is 0 Å². The average molecular weight is 610 g/mol. The van der Waals surface area contributed by atoms with Gasteiger partial charge in [0.1, 0.15) is 5.82 Å². The summed E-state index contributed by atoms with van der Waals surface area (Å²) >= 11 is 0. The summed E-state index contributed by atoms with van der Waals surface area (Å²) < 4.78 is 8.35. The summed E-state index contributed by atoms with van der Waals surface area (Å²) in [6.07, 6.45) is 4.11. The van der Waals surface area contributed by atoms with Crippen molar-refractivity contribution in [3.63, 3.8) is 0 Å². The molecular weight excluding hydrogens is 566 g/mol. The SMILES string of the molecule is CCc1cccc2cccc(N3CCc4c(nc(OCC5(CN(C)C)CC5)nc4N(C)Cc4nnc5n4CCN(C)C5=O)C3)c12. The topological polar surface area (TPSA) is 95.8 Å². The zero-order chi connectivity index (χ0) is 31.3. The van der Waals surface area contributed by atoms with Crippen LogP contribution in [0.1, 0.15) is 53.0 Å². The maximum atomic E-state index is 12.7. The molecule has 2 aromatic heterocycles. The van der Waals surface area contributed by atoms with E-state index < -0.39 is 0 Å². The van der Waals surface area contributed by atoms with Crippen LogP contribution in [0.3, 0.4) is 0 Å². The van der Waals surface area contributed by atoms with E-state index in [9.17, 15) is 4.79 Å². The Kier molecular flexibility index (Phi) is 7.59. The molecule has 7 rings (SSSR count). The van der Waals surface area contributed by atoms with Gasteiger partial charge in [0, 0.05) is 62.3 Å². The Hall–Kier alpha value is -4.25. The van der Waals surface area contributed by atoms with Crippen LogP contribution in [0.2, 0.25) is 0 Å². The van der Waals surface area contributed by atoms with Crippen LogP contribution in [0.5, 0.6) is 6.01 Å². The summed E-state index contributed by atoms with van der Waals surface area (Å²) in [6.45, 7) is 7.15. The molecule has 1 saturated carbocycles. The van der Waals surface area contributed by atoms with E-state index in [1.54, 1.807) is 11.9 Å². The van der Waals surface area contributed by atoms with E-state index in [0.717, 1.165) is 61.7 Å². The van der Waals surface area contributed by atoms with Gasteiger partial charge < -0.3 is 28.9 Å². The first kappa shape index (κ1) is 29.5. The molecule has 0 saturated heterocycles. The van der Waals surface area contributed by atoms with Gasteiger partial charge in [-0.15, -0.1) is 10.2 Å². The molecule has 11 heteroatoms. The molecule has 2 aromatic carbocycles. The highest BCUT2D eigenvalue weighted by Crippen LogP contribution is 2.46. The Labute approximate surface area is 264 Å². The molecule has 236 valence electrons. The number of benzene rings is 2. The molecule has 4 aromatic rings. The van der Waals surface area contributed by atoms with Crippen LogP contribution in [0.4, 0.5) is 11.5 Å². The summed E-state index contributed by atoms with van der Waals surface area (Å²) in [5.74, 6) is 1.92. The van der Waals surface area contributed by atoms with Crippen molar-refractivity contribution in [2.24, 2.45) is 5.41 Å². The Bertz CT molecular complexity index is 1740. The third kappa shape index (κ3) is 5.58. The normalized spacial score (nSPS) is 17.1. The summed E-state index contributed by atoms with van der Waals surface area (Å²) in [5.41, 5.74) is 4.91. The zero-order valence-corrected chi connectivity index (χ0v) is 27.1. The molecular formula is C34H43N9O2. The summed E-state index contributed by atoms with van der Waals surface area (Å²) in [5, 5.41) is 11.2. The number of nitrogens with zero attached hydrogens (tertiary/aromatic N) is 9. The van der Waals surface area contributed by atoms with E-state index in [0.29, 0.717) is 44.6 Å². The molecule has 0 radical (unpaired) electrons. The lowest BCUT2D eigenvalue weighted by molar-refractivity contribution is 0.0740. The number of carbonyl (C=O) groups excluding carboxylic acids is 1. The van der Waals surface area contributed by atoms with E-state index in [-0.39, 0.29) is 11.3 Å². The number of aromatic nitrogens is 5. The molecule has 0 spiro atoms. The van der Waals surface area contributed by atoms with Crippen molar-refractivity contribution in [1.29, 1.82) is 0 Å². The Morgan fingerprint density at radius 2 is 1.80 bits per heavy atom. The van der Waals surface area contributed by atoms with Gasteiger partial charge in [0.05, 0.1) is 25.4 Å². The minimum Gasteiger partial charge on any atom is -0.463 e. The minimum atomic E-state index is -0.0933. The highest BCUT2D eigenvalue weighted by atomic mass is 16.5. The van der Waals surface area contributed by atoms with Crippen molar-refractivity contribution in [2.75, 3.05) is 64.2 Å². The van der Waals surface area contributed by atoms with E-state index >= 15 is 0 Å². The fraction of sp³-hybridized carbons (Fsp3) is 0.500. The molecule has 1 aliphatic carbocycles. The van der Waals surface area contributed by atoms with Crippen molar-refractivity contribution < 1.29 is 9.53 Å². The molecule has 1 amide bonds. The standard InChI is InChI=1S/C34H43N9O2/c1-6-23-9-7-10-24-11-8-12-27(29(23)24)42-16-13-25-26(19-42)35-33(45-22-34(14-15-34)21-39(2)3)36-30(25)41(5)20-28-37-38-31-32(44)40(4)17-18-43(28)31/h7-12H,6,13-22H2,1-5H3. The highest BCUT2D eigenvalue weighted by Gasteiger charge is 2.44. The minimum absolute atomic E-state index is 0.0933. The van der Waals surface area contributed by atoms with Crippen LogP contribution < -0.4 is 14.5 Å². The number of hydrogen-bond acceptors (Lipinski definition) is 9. The third-order valence-corrected chi connectivity index (χ3v) is 9.59. The number of aryl methyl sites for hydroxylation is 1. The van der Waals surface area contributed by atoms with Crippen molar-refractivity contribution in [1.82, 2.24) is 34.5 Å². The van der Waals surface area contributed by atoms with Crippen LogP contribution in [-0.2, 0) is 32.5 Å². The molecule has 11 nitrogen and oxygen atoms in total. The lowest BCUT2D eigenvalue weighted by Gasteiger charge is -2.33. The number of amides is 1. The number of carbonyl (C=O) groups is 1. The average Bonchev–Trinajstić information content (AvgIpc) is 3.68. The van der Waals surface area contributed by atoms with Gasteiger partial charge in [0.25, 0.3) is 5.91 Å². The predicted octanol–water partition coefficient (Wildman–Crippen LogP) is 3.79. The second-order valence-corrected chi connectivity index (χ2v) is 13.3. The maximum absolute atomic E-state index is 12.7. The first-order valence-corrected chi connectivity index (χ1v) is 16.1. The van der Waals surface area contributed by atoms with Gasteiger partial charge in [0.2, 0.25) is 5.82 Å². The van der Waals surface area contributed by atoms with Crippen LogP contribution in [0, 0.1) is 5.41 Å². The zero-order valence-electron chi connectivity index (χ0n) is 27.1. The molecule has 4 heterocycles. The number of likely N-dealkylation sites (N-methyl/N-ethyl adjacent to an activating group) is 1. The van der Waals surface area contributed by atoms with Crippen LogP contribution in [-0.4, -0.2) is 94.9 Å². The molecule has 0 unspecified atom stereocenters. The van der Waals surface area contributed by atoms with Gasteiger partial charge in [0.15, 0.2) is 5.82 Å². The Morgan fingerprint density at radius 3 is 2.56 bits per heavy atom. The number of ether oxygens (including phenoxy) is 1. The highest BCUT2D eigenvalue weighted by molar-refractivity contribution is 5.97. The Balaban J connectivity index is 1.22. The fourth-order valence-electron chi connectivity index (χ4n) is 7.00. The first-order valence-electron chi connectivity index (χ1n) is 16.1. The molecule has 2 aliphatic heterocycles. The molecule has 45 heavy (non-hydrogen) atoms. The summed E-state index contributed by atoms with van der Waals surface area (Å²) in [7, 11) is 8.06. The van der Waals surface area contributed by atoms with Crippen LogP contribution in [0.25, 0.3) is 10.8 Å². The van der Waals surface area contributed by atoms with Gasteiger partial charge >= 0.3 is 6.01 Å². The third-order valence-electron chi connectivity index (χ3n) is 9.59. The van der Waals surface area contributed by atoms with Crippen LogP contribution in [0.15, 0.2) is 36.4 Å². The number of rotatable bonds is 10. The second-order valence-electron chi connectivity index (χ2n) is 13.3. The van der Waals surface area contributed by atoms with Crippen molar-refractivity contribution in [3.8, 4) is 6.01 Å². The number of hydrogen-bond donors (Lipinski definition) is 0. The van der Waals surface area contributed by atoms with Crippen molar-refractivity contribution in [2.45, 2.75) is 52.2 Å². The molecule has 0 N–H and O–H groups in total. The van der Waals surface area contributed by atoms with E-state index in [2.05, 4.69) is 82.3 Å². The first-order chi connectivity index (χ1) is 21.7. The van der Waals surface area contributed by atoms with Gasteiger partial charge in [-0.1, -0.05) is 37.3 Å². The molecule has 0 bridgehead atoms. The summed E-state index contributed by atoms with van der Waals surface area (Å²) in [4.78, 5) is 31.2. The van der Waals surface area contributed by atoms with Gasteiger partial charge in [-0.3, -0.25) is 4.79 Å². The van der Waals surface area contributed by atoms with Crippen molar-refractivity contribution >= 4 is 28.2 Å². The molecule has 1 fully saturated rings. The maximum Gasteiger partial charge on any atom is 0.318 e. The number of anilines is 2. The fourth-order valence-corrected chi connectivity index (χ4v) is 7.00. The summed E-state index contributed by atoms with van der Waals surface area (Å²) in [6, 6.07) is 13.6. The lowest BCUT2D eigenvalue weighted by atomic mass is 9.98. The quantitative estimate of drug-likeness (QED) is 0.266. The van der Waals surface area contributed by atoms with Gasteiger partial charge in [-0.05, 0) is 56.8 Å². The van der Waals surface area contributed by atoms with Gasteiger partial charge in [-0.2, -0.15) is 9.97 Å². The largest absolute Gasteiger partial charge is 0.463 e. The molecule has 0 atom stereocenters. The Morgan fingerprint density at radius 1 is 1.00 bits per heavy atom. The van der Waals surface area contributed by atoms with E-state index in [4.69, 9.17) is 14.7 Å². The second kappa shape index (κ2) is 11.6. The van der Waals surface area contributed by atoms with Crippen LogP contribution >= 0.6 is 0 Å². The monoisotopic (exact) mass is 609 g/mol. The number of fused-ring (bicyclic) bond motifs is 3. The van der Waals surface area contributed by atoms with E-state index in [1.165, 1.54) is 22.0 Å². The predicted molar refractivity (Wildman–Crippen MR) is 175 cm³/mol. The smallest absolute Gasteiger partial charge is 0.318 e.